The molecule has 0 unspecified atom stereocenters. The molecule has 1 aliphatic carbocycles. The van der Waals surface area contributed by atoms with Gasteiger partial charge < -0.3 is 9.47 Å². The van der Waals surface area contributed by atoms with Crippen molar-refractivity contribution < 1.29 is 9.47 Å². The average molecular weight is 479 g/mol. The Bertz CT molecular complexity index is 1040. The lowest BCUT2D eigenvalue weighted by atomic mass is 9.83. The Kier molecular flexibility index (Phi) is 8.29. The molecule has 2 aromatic heterocycles. The highest BCUT2D eigenvalue weighted by molar-refractivity contribution is 6.76. The van der Waals surface area contributed by atoms with Crippen molar-refractivity contribution >= 4 is 8.07 Å². The molecule has 0 aliphatic heterocycles. The van der Waals surface area contributed by atoms with E-state index in [2.05, 4.69) is 66.1 Å². The Labute approximate surface area is 204 Å². The Hall–Kier alpha value is -2.35. The molecule has 7 heteroatoms. The van der Waals surface area contributed by atoms with Gasteiger partial charge in [-0.15, -0.1) is 5.10 Å². The van der Waals surface area contributed by atoms with Gasteiger partial charge in [0, 0.05) is 25.9 Å². The minimum absolute atomic E-state index is 0.278. The molecule has 0 N–H and O–H groups in total. The number of nitrogens with zero attached hydrogens (tertiary/aromatic N) is 4. The summed E-state index contributed by atoms with van der Waals surface area (Å²) in [6, 6.07) is 16.1. The molecule has 0 bridgehead atoms. The molecule has 6 nitrogen and oxygen atoms in total. The van der Waals surface area contributed by atoms with Gasteiger partial charge in [-0.25, -0.2) is 9.67 Å². The molecule has 0 saturated heterocycles. The van der Waals surface area contributed by atoms with Crippen molar-refractivity contribution in [2.45, 2.75) is 83.7 Å². The molecule has 0 amide bonds. The Morgan fingerprint density at radius 1 is 1.00 bits per heavy atom. The molecule has 0 spiro atoms. The summed E-state index contributed by atoms with van der Waals surface area (Å²) in [5.41, 5.74) is 4.27. The number of pyridine rings is 1. The number of ether oxygens (including phenoxy) is 2. The lowest BCUT2D eigenvalue weighted by Crippen LogP contribution is -2.22. The molecule has 2 heterocycles. The molecule has 0 radical (unpaired) electrons. The van der Waals surface area contributed by atoms with Gasteiger partial charge in [0.2, 0.25) is 0 Å². The Morgan fingerprint density at radius 3 is 2.50 bits per heavy atom. The van der Waals surface area contributed by atoms with Crippen molar-refractivity contribution in [3.05, 3.63) is 65.7 Å². The van der Waals surface area contributed by atoms with Gasteiger partial charge in [0.05, 0.1) is 18.4 Å². The highest BCUT2D eigenvalue weighted by Crippen LogP contribution is 2.34. The smallest absolute Gasteiger partial charge is 0.183 e. The van der Waals surface area contributed by atoms with Crippen molar-refractivity contribution in [1.82, 2.24) is 19.7 Å². The van der Waals surface area contributed by atoms with Crippen molar-refractivity contribution in [2.24, 2.45) is 0 Å². The summed E-state index contributed by atoms with van der Waals surface area (Å²) in [6.07, 6.45) is 6.53. The zero-order valence-electron chi connectivity index (χ0n) is 21.0. The summed E-state index contributed by atoms with van der Waals surface area (Å²) in [4.78, 5) is 9.29. The van der Waals surface area contributed by atoms with Crippen molar-refractivity contribution in [3.8, 4) is 11.4 Å². The first-order valence-corrected chi connectivity index (χ1v) is 16.2. The molecule has 1 aliphatic rings. The van der Waals surface area contributed by atoms with Crippen LogP contribution in [-0.4, -0.2) is 40.5 Å². The van der Waals surface area contributed by atoms with Crippen LogP contribution in [0.1, 0.15) is 48.6 Å². The molecule has 1 saturated carbocycles. The number of hydrogen-bond donors (Lipinski definition) is 0. The predicted molar refractivity (Wildman–Crippen MR) is 138 cm³/mol. The van der Waals surface area contributed by atoms with E-state index >= 15 is 0 Å². The first kappa shape index (κ1) is 24.8. The van der Waals surface area contributed by atoms with E-state index in [0.29, 0.717) is 25.1 Å². The average Bonchev–Trinajstić information content (AvgIpc) is 3.29. The minimum Gasteiger partial charge on any atom is -0.372 e. The van der Waals surface area contributed by atoms with Crippen molar-refractivity contribution in [3.63, 3.8) is 0 Å². The van der Waals surface area contributed by atoms with Crippen LogP contribution in [0, 0.1) is 6.92 Å². The first-order valence-electron chi connectivity index (χ1n) is 12.5. The summed E-state index contributed by atoms with van der Waals surface area (Å²) >= 11 is 0. The quantitative estimate of drug-likeness (QED) is 0.256. The van der Waals surface area contributed by atoms with Gasteiger partial charge in [0.1, 0.15) is 13.1 Å². The second-order valence-electron chi connectivity index (χ2n) is 10.6. The Morgan fingerprint density at radius 2 is 1.76 bits per heavy atom. The van der Waals surface area contributed by atoms with Crippen LogP contribution in [0.3, 0.4) is 0 Å². The maximum Gasteiger partial charge on any atom is 0.183 e. The van der Waals surface area contributed by atoms with E-state index in [9.17, 15) is 0 Å². The number of hydrogen-bond acceptors (Lipinski definition) is 5. The predicted octanol–water partition coefficient (Wildman–Crippen LogP) is 6.20. The van der Waals surface area contributed by atoms with Gasteiger partial charge in [-0.1, -0.05) is 50.0 Å². The summed E-state index contributed by atoms with van der Waals surface area (Å²) in [5, 5.41) is 4.64. The fourth-order valence-corrected chi connectivity index (χ4v) is 5.18. The molecule has 182 valence electrons. The van der Waals surface area contributed by atoms with Crippen LogP contribution >= 0.6 is 0 Å². The lowest BCUT2D eigenvalue weighted by molar-refractivity contribution is 0.0119. The number of benzene rings is 1. The molecule has 3 aromatic rings. The van der Waals surface area contributed by atoms with Gasteiger partial charge in [0.25, 0.3) is 0 Å². The van der Waals surface area contributed by atoms with Crippen LogP contribution in [0.2, 0.25) is 25.7 Å². The van der Waals surface area contributed by atoms with Crippen LogP contribution in [0.15, 0.2) is 48.8 Å². The second-order valence-corrected chi connectivity index (χ2v) is 16.2. The Balaban J connectivity index is 1.33. The third-order valence-corrected chi connectivity index (χ3v) is 8.22. The van der Waals surface area contributed by atoms with E-state index < -0.39 is 8.07 Å². The molecular weight excluding hydrogens is 440 g/mol. The maximum absolute atomic E-state index is 6.34. The minimum atomic E-state index is -1.09. The van der Waals surface area contributed by atoms with Gasteiger partial charge >= 0.3 is 0 Å². The summed E-state index contributed by atoms with van der Waals surface area (Å²) in [5.74, 6) is 1.32. The van der Waals surface area contributed by atoms with Crippen LogP contribution in [0.25, 0.3) is 11.4 Å². The third-order valence-electron chi connectivity index (χ3n) is 6.51. The lowest BCUT2D eigenvalue weighted by Gasteiger charge is -2.29. The van der Waals surface area contributed by atoms with Gasteiger partial charge in [0.15, 0.2) is 5.82 Å². The number of rotatable bonds is 10. The number of aromatic nitrogens is 4. The zero-order valence-corrected chi connectivity index (χ0v) is 22.0. The molecule has 0 atom stereocenters. The van der Waals surface area contributed by atoms with Crippen molar-refractivity contribution in [1.29, 1.82) is 0 Å². The SMILES string of the molecule is Cc1ccc(-c2ncn(COCC[Si](C)(C)C)n2)c(COC2CCC(c3ccccc3)CC2)n1. The van der Waals surface area contributed by atoms with Crippen LogP contribution in [-0.2, 0) is 22.8 Å². The van der Waals surface area contributed by atoms with E-state index in [1.807, 2.05) is 13.0 Å². The van der Waals surface area contributed by atoms with Gasteiger partial charge in [-0.3, -0.25) is 4.98 Å². The topological polar surface area (TPSA) is 62.1 Å². The zero-order chi connectivity index (χ0) is 24.0. The van der Waals surface area contributed by atoms with Crippen LogP contribution in [0.4, 0.5) is 0 Å². The van der Waals surface area contributed by atoms with Crippen LogP contribution < -0.4 is 0 Å². The van der Waals surface area contributed by atoms with E-state index in [-0.39, 0.29) is 6.10 Å². The summed E-state index contributed by atoms with van der Waals surface area (Å²) < 4.78 is 13.9. The van der Waals surface area contributed by atoms with E-state index in [0.717, 1.165) is 42.4 Å². The standard InChI is InChI=1S/C27H38N4O2Si/c1-21-10-15-25(27-28-19-31(30-27)20-32-16-17-34(2,3)4)26(29-21)18-33-24-13-11-23(12-14-24)22-8-6-5-7-9-22/h5-10,15,19,23-24H,11-14,16-18,20H2,1-4H3. The second kappa shape index (κ2) is 11.4. The summed E-state index contributed by atoms with van der Waals surface area (Å²) in [7, 11) is -1.09. The largest absolute Gasteiger partial charge is 0.372 e. The van der Waals surface area contributed by atoms with E-state index in [1.165, 1.54) is 18.4 Å². The molecule has 1 aromatic carbocycles. The van der Waals surface area contributed by atoms with Crippen molar-refractivity contribution in [2.75, 3.05) is 6.61 Å². The van der Waals surface area contributed by atoms with Crippen LogP contribution in [0.5, 0.6) is 0 Å². The third kappa shape index (κ3) is 7.07. The maximum atomic E-state index is 6.34. The number of aryl methyl sites for hydroxylation is 1. The normalized spacial score (nSPS) is 18.8. The molecular formula is C27H38N4O2Si. The van der Waals surface area contributed by atoms with E-state index in [1.54, 1.807) is 11.0 Å². The molecule has 34 heavy (non-hydrogen) atoms. The highest BCUT2D eigenvalue weighted by atomic mass is 28.3. The fourth-order valence-electron chi connectivity index (χ4n) is 4.43. The highest BCUT2D eigenvalue weighted by Gasteiger charge is 2.23. The van der Waals surface area contributed by atoms with E-state index in [4.69, 9.17) is 14.5 Å². The monoisotopic (exact) mass is 478 g/mol. The first-order chi connectivity index (χ1) is 16.4. The molecule has 4 rings (SSSR count). The van der Waals surface area contributed by atoms with Gasteiger partial charge in [-0.05, 0) is 62.3 Å². The fraction of sp³-hybridized carbons (Fsp3) is 0.519. The molecule has 1 fully saturated rings. The summed E-state index contributed by atoms with van der Waals surface area (Å²) in [6.45, 7) is 10.7. The van der Waals surface area contributed by atoms with Gasteiger partial charge in [-0.2, -0.15) is 0 Å².